The van der Waals surface area contributed by atoms with Crippen LogP contribution in [0.4, 0.5) is 0 Å². The molecule has 1 aliphatic heterocycles. The molecule has 96 valence electrons. The lowest BCUT2D eigenvalue weighted by atomic mass is 10.2. The van der Waals surface area contributed by atoms with E-state index in [4.69, 9.17) is 23.2 Å². The Morgan fingerprint density at radius 3 is 2.39 bits per heavy atom. The van der Waals surface area contributed by atoms with Gasteiger partial charge in [-0.05, 0) is 31.0 Å². The molecular weight excluding hydrogens is 273 g/mol. The van der Waals surface area contributed by atoms with Gasteiger partial charge in [0.1, 0.15) is 0 Å². The summed E-state index contributed by atoms with van der Waals surface area (Å²) in [4.78, 5) is 25.4. The van der Waals surface area contributed by atoms with Crippen LogP contribution in [0, 0.1) is 0 Å². The zero-order valence-electron chi connectivity index (χ0n) is 9.79. The van der Waals surface area contributed by atoms with Gasteiger partial charge in [-0.15, -0.1) is 0 Å². The van der Waals surface area contributed by atoms with Crippen molar-refractivity contribution in [1.82, 2.24) is 4.90 Å². The number of halogens is 2. The standard InChI is InChI=1S/C13H13Cl2NO2/c14-10-6-9(7-11(15)8-10)13(18)16-5-3-1-2-4-12(16)17/h6-8H,1-5H2. The fourth-order valence-electron chi connectivity index (χ4n) is 2.03. The predicted octanol–water partition coefficient (Wildman–Crippen LogP) is 3.54. The first-order valence-electron chi connectivity index (χ1n) is 5.89. The van der Waals surface area contributed by atoms with E-state index in [2.05, 4.69) is 0 Å². The Hall–Kier alpha value is -1.06. The van der Waals surface area contributed by atoms with Gasteiger partial charge in [-0.2, -0.15) is 0 Å². The molecule has 0 bridgehead atoms. The minimum atomic E-state index is -0.314. The number of benzene rings is 1. The molecule has 0 spiro atoms. The molecule has 0 unspecified atom stereocenters. The normalized spacial score (nSPS) is 16.6. The van der Waals surface area contributed by atoms with Crippen molar-refractivity contribution in [2.24, 2.45) is 0 Å². The molecule has 1 aromatic rings. The second-order valence-corrected chi connectivity index (χ2v) is 5.19. The number of rotatable bonds is 1. The van der Waals surface area contributed by atoms with E-state index < -0.39 is 0 Å². The maximum Gasteiger partial charge on any atom is 0.260 e. The SMILES string of the molecule is O=C1CCCCCN1C(=O)c1cc(Cl)cc(Cl)c1. The first-order valence-corrected chi connectivity index (χ1v) is 6.64. The predicted molar refractivity (Wildman–Crippen MR) is 71.0 cm³/mol. The summed E-state index contributed by atoms with van der Waals surface area (Å²) in [6.45, 7) is 0.474. The van der Waals surface area contributed by atoms with E-state index in [0.29, 0.717) is 28.6 Å². The van der Waals surface area contributed by atoms with Gasteiger partial charge in [0.15, 0.2) is 0 Å². The zero-order valence-corrected chi connectivity index (χ0v) is 11.3. The number of hydrogen-bond acceptors (Lipinski definition) is 2. The lowest BCUT2D eigenvalue weighted by Crippen LogP contribution is -2.36. The van der Waals surface area contributed by atoms with Gasteiger partial charge >= 0.3 is 0 Å². The fraction of sp³-hybridized carbons (Fsp3) is 0.385. The van der Waals surface area contributed by atoms with Crippen LogP contribution in [0.3, 0.4) is 0 Å². The Bertz CT molecular complexity index is 468. The minimum absolute atomic E-state index is 0.117. The molecule has 1 aliphatic rings. The highest BCUT2D eigenvalue weighted by Gasteiger charge is 2.24. The summed E-state index contributed by atoms with van der Waals surface area (Å²) in [7, 11) is 0. The van der Waals surface area contributed by atoms with Crippen LogP contribution < -0.4 is 0 Å². The van der Waals surface area contributed by atoms with Crippen LogP contribution in [0.5, 0.6) is 0 Å². The van der Waals surface area contributed by atoms with Gasteiger partial charge in [0.25, 0.3) is 5.91 Å². The summed E-state index contributed by atoms with van der Waals surface area (Å²) >= 11 is 11.7. The van der Waals surface area contributed by atoms with Crippen molar-refractivity contribution in [3.8, 4) is 0 Å². The van der Waals surface area contributed by atoms with Crippen LogP contribution >= 0.6 is 23.2 Å². The molecule has 18 heavy (non-hydrogen) atoms. The quantitative estimate of drug-likeness (QED) is 0.740. The van der Waals surface area contributed by atoms with E-state index in [-0.39, 0.29) is 11.8 Å². The number of amides is 2. The Kier molecular flexibility index (Phi) is 4.25. The van der Waals surface area contributed by atoms with E-state index in [1.807, 2.05) is 0 Å². The average Bonchev–Trinajstić information content (AvgIpc) is 2.51. The van der Waals surface area contributed by atoms with Gasteiger partial charge in [0.2, 0.25) is 5.91 Å². The first kappa shape index (κ1) is 13.4. The van der Waals surface area contributed by atoms with Crippen LogP contribution in [-0.2, 0) is 4.79 Å². The fourth-order valence-corrected chi connectivity index (χ4v) is 2.56. The summed E-state index contributed by atoms with van der Waals surface area (Å²) in [5, 5.41) is 0.793. The molecule has 1 saturated heterocycles. The van der Waals surface area contributed by atoms with E-state index >= 15 is 0 Å². The maximum absolute atomic E-state index is 12.3. The van der Waals surface area contributed by atoms with E-state index in [1.54, 1.807) is 6.07 Å². The minimum Gasteiger partial charge on any atom is -0.279 e. The van der Waals surface area contributed by atoms with Gasteiger partial charge < -0.3 is 0 Å². The van der Waals surface area contributed by atoms with Crippen LogP contribution in [0.2, 0.25) is 10.0 Å². The van der Waals surface area contributed by atoms with Crippen LogP contribution in [0.15, 0.2) is 18.2 Å². The van der Waals surface area contributed by atoms with Crippen molar-refractivity contribution in [2.45, 2.75) is 25.7 Å². The van der Waals surface area contributed by atoms with Crippen LogP contribution in [0.1, 0.15) is 36.0 Å². The molecule has 0 N–H and O–H groups in total. The number of hydrogen-bond donors (Lipinski definition) is 0. The maximum atomic E-state index is 12.3. The van der Waals surface area contributed by atoms with Crippen LogP contribution in [-0.4, -0.2) is 23.3 Å². The smallest absolute Gasteiger partial charge is 0.260 e. The molecule has 3 nitrogen and oxygen atoms in total. The molecule has 0 aromatic heterocycles. The third-order valence-electron chi connectivity index (χ3n) is 2.93. The van der Waals surface area contributed by atoms with Gasteiger partial charge in [0, 0.05) is 28.6 Å². The molecule has 0 saturated carbocycles. The average molecular weight is 286 g/mol. The van der Waals surface area contributed by atoms with E-state index in [1.165, 1.54) is 17.0 Å². The number of carbonyl (C=O) groups is 2. The monoisotopic (exact) mass is 285 g/mol. The highest BCUT2D eigenvalue weighted by Crippen LogP contribution is 2.21. The number of imide groups is 1. The highest BCUT2D eigenvalue weighted by atomic mass is 35.5. The van der Waals surface area contributed by atoms with Gasteiger partial charge in [-0.25, -0.2) is 0 Å². The summed E-state index contributed by atoms with van der Waals surface area (Å²) in [5.74, 6) is -0.431. The van der Waals surface area contributed by atoms with Crippen molar-refractivity contribution in [2.75, 3.05) is 6.54 Å². The number of likely N-dealkylation sites (tertiary alicyclic amines) is 1. The summed E-state index contributed by atoms with van der Waals surface area (Å²) < 4.78 is 0. The van der Waals surface area contributed by atoms with Crippen molar-refractivity contribution in [3.63, 3.8) is 0 Å². The summed E-state index contributed by atoms with van der Waals surface area (Å²) in [5.41, 5.74) is 0.364. The lowest BCUT2D eigenvalue weighted by molar-refractivity contribution is -0.128. The first-order chi connectivity index (χ1) is 8.58. The zero-order chi connectivity index (χ0) is 13.1. The Balaban J connectivity index is 2.26. The Morgan fingerprint density at radius 1 is 1.06 bits per heavy atom. The molecule has 1 heterocycles. The van der Waals surface area contributed by atoms with E-state index in [0.717, 1.165) is 19.3 Å². The molecular formula is C13H13Cl2NO2. The third kappa shape index (κ3) is 3.03. The topological polar surface area (TPSA) is 37.4 Å². The van der Waals surface area contributed by atoms with Gasteiger partial charge in [0.05, 0.1) is 0 Å². The molecule has 2 amide bonds. The highest BCUT2D eigenvalue weighted by molar-refractivity contribution is 6.35. The summed E-state index contributed by atoms with van der Waals surface area (Å²) in [6, 6.07) is 4.63. The molecule has 1 fully saturated rings. The van der Waals surface area contributed by atoms with Gasteiger partial charge in [-0.3, -0.25) is 14.5 Å². The van der Waals surface area contributed by atoms with Crippen molar-refractivity contribution < 1.29 is 9.59 Å². The largest absolute Gasteiger partial charge is 0.279 e. The second kappa shape index (κ2) is 5.72. The van der Waals surface area contributed by atoms with E-state index in [9.17, 15) is 9.59 Å². The molecule has 0 aliphatic carbocycles. The molecule has 0 atom stereocenters. The Morgan fingerprint density at radius 2 is 1.72 bits per heavy atom. The van der Waals surface area contributed by atoms with Crippen molar-refractivity contribution in [3.05, 3.63) is 33.8 Å². The molecule has 1 aromatic carbocycles. The molecule has 2 rings (SSSR count). The second-order valence-electron chi connectivity index (χ2n) is 4.32. The lowest BCUT2D eigenvalue weighted by Gasteiger charge is -2.18. The Labute approximate surface area is 116 Å². The van der Waals surface area contributed by atoms with Crippen molar-refractivity contribution in [1.29, 1.82) is 0 Å². The summed E-state index contributed by atoms with van der Waals surface area (Å²) in [6.07, 6.45) is 3.11. The van der Waals surface area contributed by atoms with Crippen molar-refractivity contribution >= 4 is 35.0 Å². The number of nitrogens with zero attached hydrogens (tertiary/aromatic N) is 1. The molecule has 5 heteroatoms. The number of carbonyl (C=O) groups excluding carboxylic acids is 2. The molecule has 0 radical (unpaired) electrons. The van der Waals surface area contributed by atoms with Gasteiger partial charge in [-0.1, -0.05) is 29.6 Å². The van der Waals surface area contributed by atoms with Crippen LogP contribution in [0.25, 0.3) is 0 Å². The third-order valence-corrected chi connectivity index (χ3v) is 3.36.